The van der Waals surface area contributed by atoms with Crippen LogP contribution in [0.3, 0.4) is 0 Å². The topological polar surface area (TPSA) is 39.2 Å². The van der Waals surface area contributed by atoms with Crippen molar-refractivity contribution in [1.82, 2.24) is 4.98 Å². The predicted molar refractivity (Wildman–Crippen MR) is 107 cm³/mol. The molecular formula is C19H16BrNO2S2. The maximum Gasteiger partial charge on any atom is 0.310 e. The molecule has 1 fully saturated rings. The number of benzene rings is 1. The molecule has 1 aliphatic rings. The van der Waals surface area contributed by atoms with Gasteiger partial charge in [-0.1, -0.05) is 15.9 Å². The van der Waals surface area contributed by atoms with E-state index in [9.17, 15) is 4.79 Å². The molecule has 1 saturated carbocycles. The molecule has 0 bridgehead atoms. The number of pyridine rings is 1. The molecular weight excluding hydrogens is 418 g/mol. The zero-order valence-corrected chi connectivity index (χ0v) is 16.8. The summed E-state index contributed by atoms with van der Waals surface area (Å²) in [5.41, 5.74) is 3.39. The largest absolute Gasteiger partial charge is 0.466 e. The van der Waals surface area contributed by atoms with Gasteiger partial charge in [0.1, 0.15) is 0 Å². The van der Waals surface area contributed by atoms with E-state index in [-0.39, 0.29) is 11.9 Å². The Hall–Kier alpha value is -1.37. The van der Waals surface area contributed by atoms with Gasteiger partial charge in [0.2, 0.25) is 0 Å². The maximum absolute atomic E-state index is 11.9. The first-order valence-electron chi connectivity index (χ1n) is 8.13. The summed E-state index contributed by atoms with van der Waals surface area (Å²) in [5.74, 6) is -0.0142. The molecule has 2 heterocycles. The first-order chi connectivity index (χ1) is 12.2. The lowest BCUT2D eigenvalue weighted by atomic mass is 10.0. The standard InChI is InChI=1S/C19H16BrNO2S2/c1-2-23-18(22)15-10-17(15)25-19-13(6-8-24-19)12-5-7-21-16-4-3-11(20)9-14(12)16/h3-9,15,17H,2,10H2,1H3. The second kappa shape index (κ2) is 7.09. The number of halogens is 1. The van der Waals surface area contributed by atoms with Gasteiger partial charge in [-0.15, -0.1) is 23.1 Å². The van der Waals surface area contributed by atoms with Crippen LogP contribution < -0.4 is 0 Å². The normalized spacial score (nSPS) is 19.1. The molecule has 1 aliphatic carbocycles. The van der Waals surface area contributed by atoms with Crippen LogP contribution in [0.15, 0.2) is 50.6 Å². The third kappa shape index (κ3) is 3.48. The lowest BCUT2D eigenvalue weighted by molar-refractivity contribution is -0.144. The molecule has 3 nitrogen and oxygen atoms in total. The van der Waals surface area contributed by atoms with Gasteiger partial charge in [-0.3, -0.25) is 9.78 Å². The molecule has 2 unspecified atom stereocenters. The Kier molecular flexibility index (Phi) is 4.84. The molecule has 0 saturated heterocycles. The van der Waals surface area contributed by atoms with Crippen molar-refractivity contribution in [2.45, 2.75) is 22.8 Å². The number of esters is 1. The molecule has 1 aromatic carbocycles. The Morgan fingerprint density at radius 2 is 2.24 bits per heavy atom. The van der Waals surface area contributed by atoms with E-state index in [1.54, 1.807) is 23.1 Å². The van der Waals surface area contributed by atoms with E-state index in [4.69, 9.17) is 4.74 Å². The number of nitrogens with zero attached hydrogens (tertiary/aromatic N) is 1. The average Bonchev–Trinajstić information content (AvgIpc) is 3.22. The highest BCUT2D eigenvalue weighted by atomic mass is 79.9. The van der Waals surface area contributed by atoms with Crippen molar-refractivity contribution in [3.05, 3.63) is 46.4 Å². The van der Waals surface area contributed by atoms with Crippen molar-refractivity contribution < 1.29 is 9.53 Å². The number of hydrogen-bond acceptors (Lipinski definition) is 5. The summed E-state index contributed by atoms with van der Waals surface area (Å²) >= 11 is 7.08. The summed E-state index contributed by atoms with van der Waals surface area (Å²) in [6.45, 7) is 2.31. The van der Waals surface area contributed by atoms with Crippen molar-refractivity contribution in [3.63, 3.8) is 0 Å². The molecule has 0 amide bonds. The smallest absolute Gasteiger partial charge is 0.310 e. The maximum atomic E-state index is 11.9. The van der Waals surface area contributed by atoms with Gasteiger partial charge >= 0.3 is 5.97 Å². The van der Waals surface area contributed by atoms with Gasteiger partial charge in [0, 0.05) is 26.9 Å². The van der Waals surface area contributed by atoms with Gasteiger partial charge in [0.25, 0.3) is 0 Å². The summed E-state index contributed by atoms with van der Waals surface area (Å²) in [6.07, 6.45) is 2.76. The van der Waals surface area contributed by atoms with Crippen LogP contribution in [-0.4, -0.2) is 22.8 Å². The third-order valence-electron chi connectivity index (χ3n) is 4.20. The first-order valence-corrected chi connectivity index (χ1v) is 10.7. The zero-order chi connectivity index (χ0) is 17.4. The molecule has 0 spiro atoms. The molecule has 128 valence electrons. The van der Waals surface area contributed by atoms with E-state index in [1.165, 1.54) is 15.3 Å². The number of fused-ring (bicyclic) bond motifs is 1. The first kappa shape index (κ1) is 17.1. The Morgan fingerprint density at radius 1 is 1.36 bits per heavy atom. The Morgan fingerprint density at radius 3 is 3.08 bits per heavy atom. The monoisotopic (exact) mass is 433 g/mol. The molecule has 0 aliphatic heterocycles. The second-order valence-corrected chi connectivity index (χ2v) is 9.23. The van der Waals surface area contributed by atoms with Crippen molar-refractivity contribution >= 4 is 55.9 Å². The van der Waals surface area contributed by atoms with Crippen LogP contribution in [0.5, 0.6) is 0 Å². The number of carbonyl (C=O) groups excluding carboxylic acids is 1. The summed E-state index contributed by atoms with van der Waals surface area (Å²) in [7, 11) is 0. The molecule has 2 atom stereocenters. The van der Waals surface area contributed by atoms with Crippen LogP contribution in [0.4, 0.5) is 0 Å². The summed E-state index contributed by atoms with van der Waals surface area (Å²) in [5, 5.41) is 3.58. The van der Waals surface area contributed by atoms with E-state index in [0.717, 1.165) is 21.8 Å². The third-order valence-corrected chi connectivity index (χ3v) is 7.24. The second-order valence-electron chi connectivity index (χ2n) is 5.89. The molecule has 4 rings (SSSR count). The highest BCUT2D eigenvalue weighted by Gasteiger charge is 2.45. The number of aromatic nitrogens is 1. The minimum absolute atomic E-state index is 0.0447. The van der Waals surface area contributed by atoms with Gasteiger partial charge in [-0.25, -0.2) is 0 Å². The van der Waals surface area contributed by atoms with Crippen LogP contribution in [-0.2, 0) is 9.53 Å². The number of carbonyl (C=O) groups is 1. The number of thioether (sulfide) groups is 1. The van der Waals surface area contributed by atoms with Gasteiger partial charge < -0.3 is 4.74 Å². The van der Waals surface area contributed by atoms with Crippen LogP contribution >= 0.6 is 39.0 Å². The van der Waals surface area contributed by atoms with E-state index in [2.05, 4.69) is 44.5 Å². The van der Waals surface area contributed by atoms with Gasteiger partial charge in [0.15, 0.2) is 0 Å². The SMILES string of the molecule is CCOC(=O)C1CC1Sc1sccc1-c1ccnc2ccc(Br)cc12. The minimum Gasteiger partial charge on any atom is -0.466 e. The number of ether oxygens (including phenoxy) is 1. The van der Waals surface area contributed by atoms with Crippen molar-refractivity contribution in [2.24, 2.45) is 5.92 Å². The molecule has 6 heteroatoms. The molecule has 2 aromatic heterocycles. The molecule has 0 radical (unpaired) electrons. The summed E-state index contributed by atoms with van der Waals surface area (Å²) in [6, 6.07) is 10.4. The molecule has 0 N–H and O–H groups in total. The van der Waals surface area contributed by atoms with Crippen LogP contribution in [0.2, 0.25) is 0 Å². The van der Waals surface area contributed by atoms with Gasteiger partial charge in [-0.05, 0) is 54.6 Å². The fourth-order valence-electron chi connectivity index (χ4n) is 2.88. The van der Waals surface area contributed by atoms with Gasteiger partial charge in [0.05, 0.1) is 22.3 Å². The van der Waals surface area contributed by atoms with E-state index in [1.807, 2.05) is 25.3 Å². The van der Waals surface area contributed by atoms with Crippen molar-refractivity contribution in [3.8, 4) is 11.1 Å². The Labute approximate surface area is 162 Å². The average molecular weight is 434 g/mol. The zero-order valence-electron chi connectivity index (χ0n) is 13.6. The lowest BCUT2D eigenvalue weighted by Crippen LogP contribution is -2.07. The lowest BCUT2D eigenvalue weighted by Gasteiger charge is -2.08. The Bertz CT molecular complexity index is 940. The van der Waals surface area contributed by atoms with Crippen LogP contribution in [0, 0.1) is 5.92 Å². The van der Waals surface area contributed by atoms with Crippen LogP contribution in [0.25, 0.3) is 22.0 Å². The molecule has 3 aromatic rings. The fourth-order valence-corrected chi connectivity index (χ4v) is 5.79. The highest BCUT2D eigenvalue weighted by Crippen LogP contribution is 2.50. The minimum atomic E-state index is -0.0589. The fraction of sp³-hybridized carbons (Fsp3) is 0.263. The number of rotatable bonds is 5. The number of thiophene rings is 1. The van der Waals surface area contributed by atoms with E-state index >= 15 is 0 Å². The molecule has 25 heavy (non-hydrogen) atoms. The highest BCUT2D eigenvalue weighted by molar-refractivity contribution is 9.10. The summed E-state index contributed by atoms with van der Waals surface area (Å²) in [4.78, 5) is 16.3. The summed E-state index contributed by atoms with van der Waals surface area (Å²) < 4.78 is 7.44. The van der Waals surface area contributed by atoms with E-state index < -0.39 is 0 Å². The quantitative estimate of drug-likeness (QED) is 0.478. The van der Waals surface area contributed by atoms with Crippen LogP contribution in [0.1, 0.15) is 13.3 Å². The predicted octanol–water partition coefficient (Wildman–Crippen LogP) is 5.77. The van der Waals surface area contributed by atoms with Crippen molar-refractivity contribution in [1.29, 1.82) is 0 Å². The number of hydrogen-bond donors (Lipinski definition) is 0. The van der Waals surface area contributed by atoms with E-state index in [0.29, 0.717) is 11.9 Å². The Balaban J connectivity index is 1.63. The van der Waals surface area contributed by atoms with Crippen molar-refractivity contribution in [2.75, 3.05) is 6.61 Å². The van der Waals surface area contributed by atoms with Gasteiger partial charge in [-0.2, -0.15) is 0 Å².